The van der Waals surface area contributed by atoms with Crippen molar-refractivity contribution in [3.63, 3.8) is 0 Å². The topological polar surface area (TPSA) is 61.9 Å². The van der Waals surface area contributed by atoms with Gasteiger partial charge in [-0.2, -0.15) is 0 Å². The highest BCUT2D eigenvalue weighted by molar-refractivity contribution is 7.99. The molecule has 1 unspecified atom stereocenters. The summed E-state index contributed by atoms with van der Waals surface area (Å²) >= 11 is 1.42. The predicted octanol–water partition coefficient (Wildman–Crippen LogP) is 6.03. The van der Waals surface area contributed by atoms with Gasteiger partial charge in [-0.1, -0.05) is 55.9 Å². The number of benzene rings is 2. The van der Waals surface area contributed by atoms with Gasteiger partial charge < -0.3 is 13.9 Å². The van der Waals surface area contributed by atoms with Crippen LogP contribution in [-0.2, 0) is 13.6 Å². The number of rotatable bonds is 9. The number of hydrogen-bond acceptors (Lipinski definition) is 5. The first-order chi connectivity index (χ1) is 15.9. The molecule has 0 amide bonds. The third kappa shape index (κ3) is 4.83. The van der Waals surface area contributed by atoms with Gasteiger partial charge in [0.1, 0.15) is 5.75 Å². The van der Waals surface area contributed by atoms with E-state index in [0.717, 1.165) is 33.2 Å². The maximum Gasteiger partial charge on any atom is 0.191 e. The van der Waals surface area contributed by atoms with Crippen LogP contribution >= 0.6 is 11.8 Å². The smallest absolute Gasteiger partial charge is 0.191 e. The number of aromatic nitrogens is 4. The van der Waals surface area contributed by atoms with Gasteiger partial charge in [0.25, 0.3) is 0 Å². The number of carbonyl (C=O) groups excluding carboxylic acids is 1. The second-order valence-electron chi connectivity index (χ2n) is 8.45. The minimum atomic E-state index is -0.259. The van der Waals surface area contributed by atoms with Gasteiger partial charge in [-0.3, -0.25) is 4.79 Å². The molecule has 33 heavy (non-hydrogen) atoms. The molecule has 7 heteroatoms. The lowest BCUT2D eigenvalue weighted by atomic mass is 10.0. The zero-order chi connectivity index (χ0) is 23.5. The van der Waals surface area contributed by atoms with E-state index in [9.17, 15) is 4.79 Å². The van der Waals surface area contributed by atoms with Crippen LogP contribution in [0.2, 0.25) is 0 Å². The largest absolute Gasteiger partial charge is 0.483 e. The lowest BCUT2D eigenvalue weighted by Crippen LogP contribution is -2.12. The van der Waals surface area contributed by atoms with E-state index in [1.807, 2.05) is 72.6 Å². The van der Waals surface area contributed by atoms with Gasteiger partial charge in [0.2, 0.25) is 0 Å². The van der Waals surface area contributed by atoms with Crippen molar-refractivity contribution >= 4 is 28.4 Å². The summed E-state index contributed by atoms with van der Waals surface area (Å²) in [6, 6.07) is 16.1. The van der Waals surface area contributed by atoms with Crippen LogP contribution < -0.4 is 4.74 Å². The molecule has 0 saturated heterocycles. The zero-order valence-corrected chi connectivity index (χ0v) is 20.6. The fourth-order valence-corrected chi connectivity index (χ4v) is 4.86. The molecule has 4 aromatic rings. The van der Waals surface area contributed by atoms with Crippen LogP contribution in [0.4, 0.5) is 0 Å². The molecule has 0 aliphatic heterocycles. The number of para-hydroxylation sites is 1. The van der Waals surface area contributed by atoms with Crippen molar-refractivity contribution in [2.45, 2.75) is 51.4 Å². The van der Waals surface area contributed by atoms with Gasteiger partial charge >= 0.3 is 0 Å². The Hall–Kier alpha value is -3.06. The molecule has 0 aliphatic carbocycles. The number of ether oxygens (including phenoxy) is 1. The van der Waals surface area contributed by atoms with Crippen LogP contribution in [0.25, 0.3) is 10.9 Å². The van der Waals surface area contributed by atoms with Crippen molar-refractivity contribution in [2.24, 2.45) is 7.05 Å². The normalized spacial score (nSPS) is 12.4. The number of thioether (sulfide) groups is 1. The van der Waals surface area contributed by atoms with Crippen LogP contribution in [0.15, 0.2) is 59.9 Å². The summed E-state index contributed by atoms with van der Waals surface area (Å²) in [7, 11) is 1.96. The van der Waals surface area contributed by atoms with Gasteiger partial charge in [-0.25, -0.2) is 0 Å². The summed E-state index contributed by atoms with van der Waals surface area (Å²) in [5.41, 5.74) is 3.07. The SMILES string of the molecule is CCn1c(SCC(=O)c2cn(C)c3ccccc23)nnc1C(C)Oc1ccc(C(C)C)cc1. The maximum absolute atomic E-state index is 13.0. The van der Waals surface area contributed by atoms with E-state index in [0.29, 0.717) is 18.2 Å². The van der Waals surface area contributed by atoms with Gasteiger partial charge in [0.15, 0.2) is 22.9 Å². The molecule has 0 fully saturated rings. The van der Waals surface area contributed by atoms with Gasteiger partial charge in [-0.05, 0) is 43.5 Å². The lowest BCUT2D eigenvalue weighted by Gasteiger charge is -2.16. The van der Waals surface area contributed by atoms with Crippen molar-refractivity contribution in [1.29, 1.82) is 0 Å². The minimum absolute atomic E-state index is 0.0820. The molecule has 4 rings (SSSR count). The summed E-state index contributed by atoms with van der Waals surface area (Å²) in [5.74, 6) is 2.43. The second kappa shape index (κ2) is 9.83. The molecule has 172 valence electrons. The van der Waals surface area contributed by atoms with Crippen LogP contribution in [0.1, 0.15) is 61.5 Å². The highest BCUT2D eigenvalue weighted by atomic mass is 32.2. The molecule has 6 nitrogen and oxygen atoms in total. The van der Waals surface area contributed by atoms with Crippen LogP contribution in [0.3, 0.4) is 0 Å². The van der Waals surface area contributed by atoms with Crippen molar-refractivity contribution in [1.82, 2.24) is 19.3 Å². The molecular weight excluding hydrogens is 432 g/mol. The molecule has 0 saturated carbocycles. The molecule has 2 aromatic heterocycles. The van der Waals surface area contributed by atoms with E-state index >= 15 is 0 Å². The number of aryl methyl sites for hydroxylation is 1. The first-order valence-electron chi connectivity index (χ1n) is 11.3. The zero-order valence-electron chi connectivity index (χ0n) is 19.8. The van der Waals surface area contributed by atoms with E-state index in [1.54, 1.807) is 0 Å². The van der Waals surface area contributed by atoms with Crippen molar-refractivity contribution < 1.29 is 9.53 Å². The molecule has 0 aliphatic rings. The predicted molar refractivity (Wildman–Crippen MR) is 133 cm³/mol. The fraction of sp³-hybridized carbons (Fsp3) is 0.346. The summed E-state index contributed by atoms with van der Waals surface area (Å²) < 4.78 is 10.1. The standard InChI is InChI=1S/C26H30N4O2S/c1-6-30-25(18(4)32-20-13-11-19(12-14-20)17(2)3)27-28-26(30)33-16-24(31)22-15-29(5)23-10-8-7-9-21(22)23/h7-15,17-18H,6,16H2,1-5H3. The Kier molecular flexibility index (Phi) is 6.88. The Bertz CT molecular complexity index is 1260. The quantitative estimate of drug-likeness (QED) is 0.225. The molecule has 0 spiro atoms. The van der Waals surface area contributed by atoms with E-state index in [1.165, 1.54) is 17.3 Å². The number of carbonyl (C=O) groups is 1. The Balaban J connectivity index is 1.46. The number of nitrogens with zero attached hydrogens (tertiary/aromatic N) is 4. The summed E-state index contributed by atoms with van der Waals surface area (Å²) in [6.45, 7) is 9.07. The van der Waals surface area contributed by atoms with Gasteiger partial charge in [-0.15, -0.1) is 10.2 Å². The maximum atomic E-state index is 13.0. The number of ketones is 1. The third-order valence-corrected chi connectivity index (χ3v) is 6.78. The molecule has 2 aromatic carbocycles. The second-order valence-corrected chi connectivity index (χ2v) is 9.39. The highest BCUT2D eigenvalue weighted by Gasteiger charge is 2.21. The average molecular weight is 463 g/mol. The van der Waals surface area contributed by atoms with Crippen LogP contribution in [0, 0.1) is 0 Å². The third-order valence-electron chi connectivity index (χ3n) is 5.81. The van der Waals surface area contributed by atoms with Crippen LogP contribution in [-0.4, -0.2) is 30.9 Å². The van der Waals surface area contributed by atoms with Crippen molar-refractivity contribution in [2.75, 3.05) is 5.75 Å². The molecule has 2 heterocycles. The van der Waals surface area contributed by atoms with E-state index < -0.39 is 0 Å². The minimum Gasteiger partial charge on any atom is -0.483 e. The fourth-order valence-electron chi connectivity index (χ4n) is 3.96. The monoisotopic (exact) mass is 462 g/mol. The molecular formula is C26H30N4O2S. The molecule has 1 atom stereocenters. The number of hydrogen-bond donors (Lipinski definition) is 0. The van der Waals surface area contributed by atoms with E-state index in [-0.39, 0.29) is 11.9 Å². The first-order valence-corrected chi connectivity index (χ1v) is 12.3. The Morgan fingerprint density at radius 1 is 1.06 bits per heavy atom. The summed E-state index contributed by atoms with van der Waals surface area (Å²) in [4.78, 5) is 13.0. The van der Waals surface area contributed by atoms with E-state index in [4.69, 9.17) is 4.74 Å². The van der Waals surface area contributed by atoms with Gasteiger partial charge in [0.05, 0.1) is 5.75 Å². The lowest BCUT2D eigenvalue weighted by molar-refractivity contribution is 0.102. The molecule has 0 N–H and O–H groups in total. The van der Waals surface area contributed by atoms with Crippen molar-refractivity contribution in [3.05, 3.63) is 71.7 Å². The average Bonchev–Trinajstić information content (AvgIpc) is 3.39. The first kappa shape index (κ1) is 23.1. The Morgan fingerprint density at radius 2 is 1.79 bits per heavy atom. The summed E-state index contributed by atoms with van der Waals surface area (Å²) in [5, 5.41) is 10.5. The molecule has 0 bridgehead atoms. The Morgan fingerprint density at radius 3 is 2.48 bits per heavy atom. The van der Waals surface area contributed by atoms with E-state index in [2.05, 4.69) is 36.2 Å². The van der Waals surface area contributed by atoms with Gasteiger partial charge in [0, 0.05) is 36.3 Å². The van der Waals surface area contributed by atoms with Crippen molar-refractivity contribution in [3.8, 4) is 5.75 Å². The highest BCUT2D eigenvalue weighted by Crippen LogP contribution is 2.27. The number of fused-ring (bicyclic) bond motifs is 1. The Labute approximate surface area is 199 Å². The van der Waals surface area contributed by atoms with Crippen LogP contribution in [0.5, 0.6) is 5.75 Å². The molecule has 0 radical (unpaired) electrons. The summed E-state index contributed by atoms with van der Waals surface area (Å²) in [6.07, 6.45) is 1.65. The number of Topliss-reactive ketones (excluding diaryl/α,β-unsaturated/α-hetero) is 1.